The van der Waals surface area contributed by atoms with Gasteiger partial charge in [0.25, 0.3) is 5.56 Å². The summed E-state index contributed by atoms with van der Waals surface area (Å²) in [6.07, 6.45) is 0. The van der Waals surface area contributed by atoms with Crippen molar-refractivity contribution in [2.45, 2.75) is 40.3 Å². The van der Waals surface area contributed by atoms with E-state index in [1.807, 2.05) is 26.0 Å². The normalized spacial score (nSPS) is 11.1. The predicted molar refractivity (Wildman–Crippen MR) is 81.9 cm³/mol. The van der Waals surface area contributed by atoms with Crippen LogP contribution < -0.4 is 5.56 Å². The van der Waals surface area contributed by atoms with Gasteiger partial charge >= 0.3 is 0 Å². The summed E-state index contributed by atoms with van der Waals surface area (Å²) in [5.74, 6) is 0. The number of benzene rings is 1. The molecule has 1 N–H and O–H groups in total. The zero-order valence-corrected chi connectivity index (χ0v) is 12.5. The summed E-state index contributed by atoms with van der Waals surface area (Å²) in [5.41, 5.74) is 4.69. The monoisotopic (exact) mass is 271 g/mol. The van der Waals surface area contributed by atoms with E-state index in [9.17, 15) is 9.90 Å². The maximum Gasteiger partial charge on any atom is 0.256 e. The van der Waals surface area contributed by atoms with Gasteiger partial charge in [-0.3, -0.25) is 4.79 Å². The first-order valence-corrected chi connectivity index (χ1v) is 6.88. The van der Waals surface area contributed by atoms with E-state index in [0.717, 1.165) is 11.3 Å². The molecular formula is C17H21NO2. The van der Waals surface area contributed by atoms with Crippen molar-refractivity contribution in [2.24, 2.45) is 0 Å². The molecule has 0 spiro atoms. The Morgan fingerprint density at radius 3 is 2.35 bits per heavy atom. The molecule has 0 aliphatic carbocycles. The number of nitrogens with zero attached hydrogens (tertiary/aromatic N) is 1. The second-order valence-corrected chi connectivity index (χ2v) is 5.47. The van der Waals surface area contributed by atoms with E-state index in [0.29, 0.717) is 5.56 Å². The Bertz CT molecular complexity index is 684. The maximum atomic E-state index is 12.4. The highest BCUT2D eigenvalue weighted by atomic mass is 16.3. The molecule has 2 aromatic rings. The number of pyridine rings is 1. The molecule has 1 aromatic carbocycles. The molecule has 3 nitrogen and oxygen atoms in total. The summed E-state index contributed by atoms with van der Waals surface area (Å²) in [6.45, 7) is 7.88. The highest BCUT2D eigenvalue weighted by molar-refractivity contribution is 5.62. The summed E-state index contributed by atoms with van der Waals surface area (Å²) in [6, 6.07) is 9.88. The molecule has 0 atom stereocenters. The fraction of sp³-hybridized carbons (Fsp3) is 0.353. The van der Waals surface area contributed by atoms with Gasteiger partial charge in [-0.05, 0) is 62.6 Å². The van der Waals surface area contributed by atoms with Crippen LogP contribution in [-0.4, -0.2) is 9.67 Å². The molecule has 1 heterocycles. The molecule has 3 heteroatoms. The lowest BCUT2D eigenvalue weighted by atomic mass is 10.0. The topological polar surface area (TPSA) is 42.2 Å². The fourth-order valence-electron chi connectivity index (χ4n) is 2.36. The van der Waals surface area contributed by atoms with E-state index in [2.05, 4.69) is 26.0 Å². The average molecular weight is 271 g/mol. The first-order valence-electron chi connectivity index (χ1n) is 6.88. The Morgan fingerprint density at radius 2 is 1.80 bits per heavy atom. The van der Waals surface area contributed by atoms with Crippen LogP contribution in [0.2, 0.25) is 0 Å². The Kier molecular flexibility index (Phi) is 4.09. The molecule has 0 saturated heterocycles. The Morgan fingerprint density at radius 1 is 1.10 bits per heavy atom. The van der Waals surface area contributed by atoms with Gasteiger partial charge in [0.05, 0.1) is 12.3 Å². The zero-order valence-electron chi connectivity index (χ0n) is 12.5. The van der Waals surface area contributed by atoms with Crippen LogP contribution in [-0.2, 0) is 6.61 Å². The quantitative estimate of drug-likeness (QED) is 0.931. The lowest BCUT2D eigenvalue weighted by Crippen LogP contribution is -2.26. The lowest BCUT2D eigenvalue weighted by molar-refractivity contribution is 0.279. The first kappa shape index (κ1) is 14.5. The SMILES string of the molecule is Cc1ccc(-c2ccc(CO)c(=O)n2C(C)C)cc1C. The first-order chi connectivity index (χ1) is 9.45. The molecule has 0 saturated carbocycles. The van der Waals surface area contributed by atoms with Gasteiger partial charge < -0.3 is 9.67 Å². The van der Waals surface area contributed by atoms with Crippen molar-refractivity contribution >= 4 is 0 Å². The van der Waals surface area contributed by atoms with Crippen molar-refractivity contribution in [3.63, 3.8) is 0 Å². The summed E-state index contributed by atoms with van der Waals surface area (Å²) < 4.78 is 1.75. The molecule has 0 radical (unpaired) electrons. The van der Waals surface area contributed by atoms with E-state index in [1.54, 1.807) is 10.6 Å². The van der Waals surface area contributed by atoms with Crippen molar-refractivity contribution < 1.29 is 5.11 Å². The third-order valence-electron chi connectivity index (χ3n) is 3.68. The van der Waals surface area contributed by atoms with Gasteiger partial charge in [-0.2, -0.15) is 0 Å². The van der Waals surface area contributed by atoms with Crippen molar-refractivity contribution in [1.29, 1.82) is 0 Å². The largest absolute Gasteiger partial charge is 0.391 e. The minimum Gasteiger partial charge on any atom is -0.391 e. The van der Waals surface area contributed by atoms with Gasteiger partial charge in [-0.15, -0.1) is 0 Å². The van der Waals surface area contributed by atoms with Gasteiger partial charge in [-0.25, -0.2) is 0 Å². The summed E-state index contributed by atoms with van der Waals surface area (Å²) in [5, 5.41) is 9.25. The minimum atomic E-state index is -0.223. The zero-order chi connectivity index (χ0) is 14.9. The number of aromatic nitrogens is 1. The third kappa shape index (κ3) is 2.54. The minimum absolute atomic E-state index is 0.0469. The standard InChI is InChI=1S/C17H21NO2/c1-11(2)18-16(8-7-15(10-19)17(18)20)14-6-5-12(3)13(4)9-14/h5-9,11,19H,10H2,1-4H3. The number of hydrogen-bond donors (Lipinski definition) is 1. The molecule has 0 bridgehead atoms. The van der Waals surface area contributed by atoms with E-state index in [4.69, 9.17) is 0 Å². The van der Waals surface area contributed by atoms with Gasteiger partial charge in [0.1, 0.15) is 0 Å². The predicted octanol–water partition coefficient (Wildman–Crippen LogP) is 3.21. The molecule has 0 unspecified atom stereocenters. The second kappa shape index (κ2) is 5.63. The molecule has 1 aromatic heterocycles. The van der Waals surface area contributed by atoms with Crippen LogP contribution in [0, 0.1) is 13.8 Å². The lowest BCUT2D eigenvalue weighted by Gasteiger charge is -2.18. The van der Waals surface area contributed by atoms with Gasteiger partial charge in [0.2, 0.25) is 0 Å². The molecule has 106 valence electrons. The molecule has 0 aliphatic heterocycles. The maximum absolute atomic E-state index is 12.4. The molecule has 0 aliphatic rings. The number of aliphatic hydroxyl groups is 1. The highest BCUT2D eigenvalue weighted by Gasteiger charge is 2.13. The van der Waals surface area contributed by atoms with Crippen molar-refractivity contribution in [1.82, 2.24) is 4.57 Å². The van der Waals surface area contributed by atoms with E-state index < -0.39 is 0 Å². The van der Waals surface area contributed by atoms with Crippen LogP contribution in [0.4, 0.5) is 0 Å². The number of aryl methyl sites for hydroxylation is 2. The number of aliphatic hydroxyl groups excluding tert-OH is 1. The van der Waals surface area contributed by atoms with E-state index in [1.165, 1.54) is 11.1 Å². The average Bonchev–Trinajstić information content (AvgIpc) is 2.41. The Labute approximate surface area is 119 Å². The molecule has 2 rings (SSSR count). The molecule has 20 heavy (non-hydrogen) atoms. The van der Waals surface area contributed by atoms with Crippen LogP contribution in [0.15, 0.2) is 35.1 Å². The molecule has 0 amide bonds. The smallest absolute Gasteiger partial charge is 0.256 e. The van der Waals surface area contributed by atoms with Crippen LogP contribution in [0.5, 0.6) is 0 Å². The van der Waals surface area contributed by atoms with Crippen LogP contribution >= 0.6 is 0 Å². The van der Waals surface area contributed by atoms with E-state index >= 15 is 0 Å². The van der Waals surface area contributed by atoms with Gasteiger partial charge in [0, 0.05) is 11.6 Å². The van der Waals surface area contributed by atoms with Crippen molar-refractivity contribution in [3.8, 4) is 11.3 Å². The summed E-state index contributed by atoms with van der Waals surface area (Å²) >= 11 is 0. The molecule has 0 fully saturated rings. The van der Waals surface area contributed by atoms with Gasteiger partial charge in [0.15, 0.2) is 0 Å². The fourth-order valence-corrected chi connectivity index (χ4v) is 2.36. The summed E-state index contributed by atoms with van der Waals surface area (Å²) in [7, 11) is 0. The van der Waals surface area contributed by atoms with Crippen LogP contribution in [0.3, 0.4) is 0 Å². The van der Waals surface area contributed by atoms with Crippen LogP contribution in [0.1, 0.15) is 36.6 Å². The van der Waals surface area contributed by atoms with Gasteiger partial charge in [-0.1, -0.05) is 12.1 Å². The number of rotatable bonds is 3. The van der Waals surface area contributed by atoms with E-state index in [-0.39, 0.29) is 18.2 Å². The Hall–Kier alpha value is -1.87. The van der Waals surface area contributed by atoms with Crippen LogP contribution in [0.25, 0.3) is 11.3 Å². The number of hydrogen-bond acceptors (Lipinski definition) is 2. The van der Waals surface area contributed by atoms with Crippen molar-refractivity contribution in [3.05, 3.63) is 57.4 Å². The highest BCUT2D eigenvalue weighted by Crippen LogP contribution is 2.23. The summed E-state index contributed by atoms with van der Waals surface area (Å²) in [4.78, 5) is 12.4. The Balaban J connectivity index is 2.70. The van der Waals surface area contributed by atoms with Crippen molar-refractivity contribution in [2.75, 3.05) is 0 Å². The molecular weight excluding hydrogens is 250 g/mol. The third-order valence-corrected chi connectivity index (χ3v) is 3.68. The second-order valence-electron chi connectivity index (χ2n) is 5.47.